The lowest BCUT2D eigenvalue weighted by atomic mass is 9.86. The molecule has 4 atom stereocenters. The highest BCUT2D eigenvalue weighted by Crippen LogP contribution is 2.46. The lowest BCUT2D eigenvalue weighted by Crippen LogP contribution is -2.50. The van der Waals surface area contributed by atoms with Crippen molar-refractivity contribution >= 4 is 74.0 Å². The number of nitrogens with one attached hydrogen (secondary N) is 3. The molecule has 3 N–H and O–H groups in total. The number of hydrogen-bond donors (Lipinski definition) is 3. The van der Waals surface area contributed by atoms with Crippen LogP contribution in [0.3, 0.4) is 0 Å². The number of ether oxygens (including phenoxy) is 1. The number of piperazine rings is 1. The molecule has 62 heavy (non-hydrogen) atoms. The number of carbonyl (C=O) groups is 2. The number of amides is 2. The Balaban J connectivity index is 0.791. The Hall–Kier alpha value is -5.55. The molecule has 4 aliphatic heterocycles. The molecule has 1 saturated carbocycles. The zero-order chi connectivity index (χ0) is 43.0. The van der Waals surface area contributed by atoms with E-state index in [4.69, 9.17) is 26.4 Å². The van der Waals surface area contributed by atoms with Crippen molar-refractivity contribution in [3.8, 4) is 5.75 Å². The van der Waals surface area contributed by atoms with Gasteiger partial charge in [0.2, 0.25) is 23.5 Å². The summed E-state index contributed by atoms with van der Waals surface area (Å²) in [5.41, 5.74) is 3.84. The second-order valence-corrected chi connectivity index (χ2v) is 18.2. The molecule has 10 rings (SSSR count). The van der Waals surface area contributed by atoms with Crippen LogP contribution in [0.1, 0.15) is 50.6 Å². The third kappa shape index (κ3) is 7.35. The van der Waals surface area contributed by atoms with E-state index < -0.39 is 30.0 Å². The van der Waals surface area contributed by atoms with Crippen molar-refractivity contribution in [3.05, 3.63) is 63.7 Å². The fraction of sp³-hybridized carbons (Fsp3) is 0.500. The maximum absolute atomic E-state index is 15.2. The summed E-state index contributed by atoms with van der Waals surface area (Å²) in [6, 6.07) is 10.5. The van der Waals surface area contributed by atoms with E-state index in [1.807, 2.05) is 36.0 Å². The molecule has 1 aliphatic carbocycles. The molecule has 5 aromatic rings. The molecule has 0 spiro atoms. The van der Waals surface area contributed by atoms with Gasteiger partial charge in [-0.2, -0.15) is 10.1 Å². The average molecular weight is 870 g/mol. The van der Waals surface area contributed by atoms with Crippen LogP contribution in [-0.4, -0.2) is 105 Å². The van der Waals surface area contributed by atoms with E-state index in [9.17, 15) is 14.4 Å². The summed E-state index contributed by atoms with van der Waals surface area (Å²) in [4.78, 5) is 54.5. The van der Waals surface area contributed by atoms with E-state index in [1.54, 1.807) is 19.3 Å². The number of nitrogens with zero attached hydrogens (tertiary/aromatic N) is 8. The molecule has 3 saturated heterocycles. The Kier molecular flexibility index (Phi) is 10.2. The Morgan fingerprint density at radius 1 is 0.984 bits per heavy atom. The first kappa shape index (κ1) is 40.5. The molecule has 18 heteroatoms. The van der Waals surface area contributed by atoms with Crippen molar-refractivity contribution in [2.24, 2.45) is 31.8 Å². The number of para-hydroxylation sites is 1. The van der Waals surface area contributed by atoms with Crippen LogP contribution in [0, 0.1) is 17.8 Å². The Labute approximate surface area is 361 Å². The van der Waals surface area contributed by atoms with Crippen molar-refractivity contribution in [1.82, 2.24) is 34.5 Å². The molecule has 1 unspecified atom stereocenters. The van der Waals surface area contributed by atoms with E-state index in [1.165, 1.54) is 4.57 Å². The van der Waals surface area contributed by atoms with Gasteiger partial charge in [0.25, 0.3) is 5.56 Å². The van der Waals surface area contributed by atoms with Crippen LogP contribution in [0.5, 0.6) is 5.75 Å². The highest BCUT2D eigenvalue weighted by atomic mass is 35.5. The average Bonchev–Trinajstić information content (AvgIpc) is 4.06. The highest BCUT2D eigenvalue weighted by Gasteiger charge is 2.51. The maximum Gasteiger partial charge on any atom is 0.301 e. The maximum atomic E-state index is 15.2. The molecule has 7 heterocycles. The summed E-state index contributed by atoms with van der Waals surface area (Å²) in [7, 11) is 3.53. The van der Waals surface area contributed by atoms with Crippen LogP contribution >= 0.6 is 11.6 Å². The number of carbonyl (C=O) groups excluding carboxylic acids is 2. The molecule has 2 aromatic carbocycles. The van der Waals surface area contributed by atoms with Gasteiger partial charge in [-0.3, -0.25) is 29.3 Å². The van der Waals surface area contributed by atoms with Gasteiger partial charge < -0.3 is 29.7 Å². The van der Waals surface area contributed by atoms with Gasteiger partial charge in [0.1, 0.15) is 5.02 Å². The van der Waals surface area contributed by atoms with Gasteiger partial charge in [-0.1, -0.05) is 30.7 Å². The summed E-state index contributed by atoms with van der Waals surface area (Å²) in [6.07, 6.45) is 4.76. The number of rotatable bonds is 8. The second kappa shape index (κ2) is 15.7. The highest BCUT2D eigenvalue weighted by molar-refractivity contribution is 6.33. The molecular formula is C44H50ClF2N11O4. The van der Waals surface area contributed by atoms with Crippen LogP contribution in [0.15, 0.2) is 47.4 Å². The molecule has 0 bridgehead atoms. The van der Waals surface area contributed by atoms with Crippen LogP contribution in [-0.2, 0) is 23.7 Å². The summed E-state index contributed by atoms with van der Waals surface area (Å²) in [6.45, 7) is 7.63. The van der Waals surface area contributed by atoms with Crippen molar-refractivity contribution in [1.29, 1.82) is 0 Å². The molecule has 5 aliphatic rings. The lowest BCUT2D eigenvalue weighted by molar-refractivity contribution is -0.134. The molecule has 15 nitrogen and oxygen atoms in total. The normalized spacial score (nSPS) is 24.4. The van der Waals surface area contributed by atoms with Gasteiger partial charge in [-0.05, 0) is 67.7 Å². The van der Waals surface area contributed by atoms with Gasteiger partial charge in [-0.25, -0.2) is 13.8 Å². The smallest absolute Gasteiger partial charge is 0.301 e. The van der Waals surface area contributed by atoms with Crippen molar-refractivity contribution in [3.63, 3.8) is 0 Å². The molecule has 4 fully saturated rings. The number of alkyl halides is 2. The minimum Gasteiger partial charge on any atom is -0.480 e. The molecule has 3 aromatic heterocycles. The van der Waals surface area contributed by atoms with Gasteiger partial charge in [0.05, 0.1) is 46.3 Å². The Morgan fingerprint density at radius 2 is 1.79 bits per heavy atom. The standard InChI is InChI=1S/C44H50ClF2N11O4/c1-24-21-58(14-13-26(24)22-56-15-17-57(18-16-56)33-6-4-5-28-35(53-55(3)37(28)33)29-10-12-34(59)50-41(29)60)43-48-20-31(45)40(52-43)49-27-9-11-32-30(19-27)36-38(42(61)54(32)2)62-23-44(46,47)39(51-36)25-7-8-25/h4-6,9,11,19-20,24-26,29,39,51H,7-8,10,12-18,21-23H2,1-3H3,(H,48,49,52)(H,50,59,60)/t24-,26-,29?,39-/m0/s1. The first-order valence-corrected chi connectivity index (χ1v) is 22.0. The van der Waals surface area contributed by atoms with Gasteiger partial charge in [0, 0.05) is 82.8 Å². The van der Waals surface area contributed by atoms with Crippen molar-refractivity contribution in [2.75, 3.05) is 72.9 Å². The van der Waals surface area contributed by atoms with E-state index >= 15 is 8.78 Å². The number of pyridine rings is 1. The monoisotopic (exact) mass is 869 g/mol. The van der Waals surface area contributed by atoms with Crippen molar-refractivity contribution in [2.45, 2.75) is 56.9 Å². The number of fused-ring (bicyclic) bond motifs is 4. The number of aromatic nitrogens is 5. The predicted molar refractivity (Wildman–Crippen MR) is 234 cm³/mol. The number of hydrogen-bond acceptors (Lipinski definition) is 12. The van der Waals surface area contributed by atoms with E-state index in [-0.39, 0.29) is 29.2 Å². The summed E-state index contributed by atoms with van der Waals surface area (Å²) in [5.74, 6) is -2.50. The van der Waals surface area contributed by atoms with Crippen molar-refractivity contribution < 1.29 is 23.1 Å². The summed E-state index contributed by atoms with van der Waals surface area (Å²) >= 11 is 6.66. The Morgan fingerprint density at radius 3 is 2.55 bits per heavy atom. The lowest BCUT2D eigenvalue weighted by Gasteiger charge is -2.42. The zero-order valence-electron chi connectivity index (χ0n) is 35.0. The SMILES string of the molecule is C[C@H]1CN(c2ncc(Cl)c(Nc3ccc4c(c3)c3c(c(=O)n4C)OCC(F)(F)[C@H](C4CC4)N3)n2)CC[C@H]1CN1CCN(c2cccc3c(C4CCC(=O)NC4=O)nn(C)c23)CC1. The van der Waals surface area contributed by atoms with Crippen LogP contribution < -0.4 is 36.0 Å². The number of imide groups is 1. The zero-order valence-corrected chi connectivity index (χ0v) is 35.7. The molecule has 326 valence electrons. The second-order valence-electron chi connectivity index (χ2n) is 17.7. The topological polar surface area (TPSA) is 155 Å². The van der Waals surface area contributed by atoms with Gasteiger partial charge >= 0.3 is 5.92 Å². The van der Waals surface area contributed by atoms with E-state index in [0.717, 1.165) is 74.5 Å². The number of benzene rings is 2. The van der Waals surface area contributed by atoms with Crippen LogP contribution in [0.4, 0.5) is 37.6 Å². The summed E-state index contributed by atoms with van der Waals surface area (Å²) < 4.78 is 39.2. The van der Waals surface area contributed by atoms with Crippen LogP contribution in [0.25, 0.3) is 21.8 Å². The quantitative estimate of drug-likeness (QED) is 0.166. The van der Waals surface area contributed by atoms with Crippen LogP contribution in [0.2, 0.25) is 5.02 Å². The number of piperidine rings is 2. The van der Waals surface area contributed by atoms with E-state index in [2.05, 4.69) is 48.6 Å². The fourth-order valence-electron chi connectivity index (χ4n) is 9.98. The molecule has 0 radical (unpaired) electrons. The Bertz CT molecular complexity index is 2660. The first-order chi connectivity index (χ1) is 29.8. The van der Waals surface area contributed by atoms with E-state index in [0.29, 0.717) is 70.9 Å². The first-order valence-electron chi connectivity index (χ1n) is 21.6. The minimum absolute atomic E-state index is 0.107. The number of halogens is 3. The molecule has 2 amide bonds. The largest absolute Gasteiger partial charge is 0.480 e. The molecular weight excluding hydrogens is 820 g/mol. The third-order valence-corrected chi connectivity index (χ3v) is 13.9. The van der Waals surface area contributed by atoms with Gasteiger partial charge in [0.15, 0.2) is 12.4 Å². The summed E-state index contributed by atoms with van der Waals surface area (Å²) in [5, 5.41) is 15.5. The van der Waals surface area contributed by atoms with Gasteiger partial charge in [-0.15, -0.1) is 0 Å². The predicted octanol–water partition coefficient (Wildman–Crippen LogP) is 5.64. The number of anilines is 5. The minimum atomic E-state index is -3.13. The number of aryl methyl sites for hydroxylation is 2. The third-order valence-electron chi connectivity index (χ3n) is 13.6. The fourth-order valence-corrected chi connectivity index (χ4v) is 10.1.